The van der Waals surface area contributed by atoms with E-state index in [1.165, 1.54) is 4.68 Å². The Morgan fingerprint density at radius 2 is 1.82 bits per heavy atom. The lowest BCUT2D eigenvalue weighted by Gasteiger charge is -2.07. The van der Waals surface area contributed by atoms with Crippen LogP contribution in [0.4, 0.5) is 13.2 Å². The van der Waals surface area contributed by atoms with Crippen LogP contribution in [0.1, 0.15) is 17.1 Å². The van der Waals surface area contributed by atoms with E-state index in [-0.39, 0.29) is 5.82 Å². The van der Waals surface area contributed by atoms with Crippen molar-refractivity contribution in [3.8, 4) is 5.82 Å². The molecule has 0 amide bonds. The minimum absolute atomic E-state index is 0.109. The highest BCUT2D eigenvalue weighted by atomic mass is 19.4. The molecule has 2 rings (SSSR count). The molecule has 0 unspecified atom stereocenters. The van der Waals surface area contributed by atoms with Crippen LogP contribution >= 0.6 is 0 Å². The summed E-state index contributed by atoms with van der Waals surface area (Å²) in [5.74, 6) is 0.109. The van der Waals surface area contributed by atoms with E-state index in [0.29, 0.717) is 5.69 Å². The molecule has 2 aromatic heterocycles. The first kappa shape index (κ1) is 11.6. The Hall–Kier alpha value is -1.92. The third-order valence-corrected chi connectivity index (χ3v) is 2.17. The molecule has 90 valence electrons. The molecule has 0 saturated heterocycles. The maximum absolute atomic E-state index is 12.5. The summed E-state index contributed by atoms with van der Waals surface area (Å²) in [5.41, 5.74) is 0.457. The van der Waals surface area contributed by atoms with Crippen LogP contribution in [0.3, 0.4) is 0 Å². The zero-order valence-corrected chi connectivity index (χ0v) is 9.15. The Kier molecular flexibility index (Phi) is 2.60. The van der Waals surface area contributed by atoms with E-state index in [9.17, 15) is 13.2 Å². The molecule has 0 atom stereocenters. The molecule has 0 N–H and O–H groups in total. The zero-order chi connectivity index (χ0) is 12.6. The lowest BCUT2D eigenvalue weighted by atomic mass is 10.3. The first-order valence-corrected chi connectivity index (χ1v) is 4.81. The van der Waals surface area contributed by atoms with Gasteiger partial charge in [0.05, 0.1) is 5.69 Å². The van der Waals surface area contributed by atoms with Crippen LogP contribution in [0.15, 0.2) is 18.5 Å². The van der Waals surface area contributed by atoms with E-state index in [1.54, 1.807) is 19.9 Å². The van der Waals surface area contributed by atoms with Crippen LogP contribution in [0.25, 0.3) is 5.82 Å². The summed E-state index contributed by atoms with van der Waals surface area (Å²) in [6.07, 6.45) is -3.59. The van der Waals surface area contributed by atoms with Crippen LogP contribution in [-0.2, 0) is 6.18 Å². The highest BCUT2D eigenvalue weighted by Gasteiger charge is 2.33. The molecule has 0 aliphatic rings. The highest BCUT2D eigenvalue weighted by molar-refractivity contribution is 5.27. The third-order valence-electron chi connectivity index (χ3n) is 2.17. The van der Waals surface area contributed by atoms with Crippen molar-refractivity contribution < 1.29 is 13.2 Å². The Morgan fingerprint density at radius 1 is 1.12 bits per heavy atom. The smallest absolute Gasteiger partial charge is 0.232 e. The number of hydrogen-bond acceptors (Lipinski definition) is 3. The molecule has 0 saturated carbocycles. The first-order valence-electron chi connectivity index (χ1n) is 4.81. The van der Waals surface area contributed by atoms with Gasteiger partial charge in [-0.1, -0.05) is 0 Å². The van der Waals surface area contributed by atoms with Crippen molar-refractivity contribution in [3.05, 3.63) is 35.5 Å². The van der Waals surface area contributed by atoms with Gasteiger partial charge >= 0.3 is 6.18 Å². The lowest BCUT2D eigenvalue weighted by molar-refractivity contribution is -0.141. The maximum atomic E-state index is 12.5. The monoisotopic (exact) mass is 242 g/mol. The van der Waals surface area contributed by atoms with E-state index in [0.717, 1.165) is 18.1 Å². The molecule has 0 spiro atoms. The lowest BCUT2D eigenvalue weighted by Crippen LogP contribution is -2.11. The van der Waals surface area contributed by atoms with Gasteiger partial charge in [-0.3, -0.25) is 0 Å². The van der Waals surface area contributed by atoms with Crippen LogP contribution in [0.2, 0.25) is 0 Å². The van der Waals surface area contributed by atoms with Crippen molar-refractivity contribution in [1.82, 2.24) is 19.7 Å². The average molecular weight is 242 g/mol. The van der Waals surface area contributed by atoms with Gasteiger partial charge in [0.2, 0.25) is 0 Å². The molecule has 0 aromatic carbocycles. The van der Waals surface area contributed by atoms with Gasteiger partial charge in [-0.05, 0) is 19.9 Å². The topological polar surface area (TPSA) is 43.6 Å². The summed E-state index contributed by atoms with van der Waals surface area (Å²) in [7, 11) is 0. The van der Waals surface area contributed by atoms with Crippen molar-refractivity contribution in [2.45, 2.75) is 20.0 Å². The Morgan fingerprint density at radius 3 is 2.35 bits per heavy atom. The van der Waals surface area contributed by atoms with Crippen molar-refractivity contribution in [2.24, 2.45) is 0 Å². The van der Waals surface area contributed by atoms with Crippen molar-refractivity contribution >= 4 is 0 Å². The fraction of sp³-hybridized carbons (Fsp3) is 0.300. The predicted octanol–water partition coefficient (Wildman–Crippen LogP) is 2.30. The molecule has 2 aromatic rings. The van der Waals surface area contributed by atoms with E-state index in [1.807, 2.05) is 0 Å². The Labute approximate surface area is 95.1 Å². The van der Waals surface area contributed by atoms with E-state index >= 15 is 0 Å². The minimum atomic E-state index is -4.48. The van der Waals surface area contributed by atoms with Crippen LogP contribution in [0.5, 0.6) is 0 Å². The molecule has 4 nitrogen and oxygen atoms in total. The number of halogens is 3. The molecule has 0 radical (unpaired) electrons. The fourth-order valence-corrected chi connectivity index (χ4v) is 1.48. The summed E-state index contributed by atoms with van der Waals surface area (Å²) in [6, 6.07) is 2.63. The molecule has 17 heavy (non-hydrogen) atoms. The third kappa shape index (κ3) is 2.27. The Bertz CT molecular complexity index is 545. The van der Waals surface area contributed by atoms with Gasteiger partial charge in [-0.15, -0.1) is 0 Å². The summed E-state index contributed by atoms with van der Waals surface area (Å²) < 4.78 is 38.8. The number of aryl methyl sites for hydroxylation is 2. The van der Waals surface area contributed by atoms with Crippen molar-refractivity contribution in [2.75, 3.05) is 0 Å². The fourth-order valence-electron chi connectivity index (χ4n) is 1.48. The van der Waals surface area contributed by atoms with Gasteiger partial charge in [0.25, 0.3) is 0 Å². The van der Waals surface area contributed by atoms with Crippen molar-refractivity contribution in [1.29, 1.82) is 0 Å². The minimum Gasteiger partial charge on any atom is -0.232 e. The number of nitrogens with zero attached hydrogens (tertiary/aromatic N) is 4. The molecule has 2 heterocycles. The number of alkyl halides is 3. The second-order valence-electron chi connectivity index (χ2n) is 3.60. The van der Waals surface area contributed by atoms with Crippen LogP contribution in [0, 0.1) is 13.8 Å². The molecule has 0 aliphatic carbocycles. The van der Waals surface area contributed by atoms with Gasteiger partial charge in [0.1, 0.15) is 12.0 Å². The summed E-state index contributed by atoms with van der Waals surface area (Å²) in [5, 5.41) is 4.06. The standard InChI is InChI=1S/C10H9F3N4/c1-6-3-7(2)17(16-6)9-4-8(10(11,12)13)14-5-15-9/h3-5H,1-2H3. The summed E-state index contributed by atoms with van der Waals surface area (Å²) >= 11 is 0. The van der Waals surface area contributed by atoms with Gasteiger partial charge in [0.15, 0.2) is 5.82 Å². The highest BCUT2D eigenvalue weighted by Crippen LogP contribution is 2.27. The quantitative estimate of drug-likeness (QED) is 0.770. The maximum Gasteiger partial charge on any atom is 0.433 e. The number of aromatic nitrogens is 4. The van der Waals surface area contributed by atoms with Crippen LogP contribution < -0.4 is 0 Å². The van der Waals surface area contributed by atoms with Crippen molar-refractivity contribution in [3.63, 3.8) is 0 Å². The second-order valence-corrected chi connectivity index (χ2v) is 3.60. The zero-order valence-electron chi connectivity index (χ0n) is 9.15. The summed E-state index contributed by atoms with van der Waals surface area (Å²) in [6.45, 7) is 3.50. The van der Waals surface area contributed by atoms with Gasteiger partial charge < -0.3 is 0 Å². The molecule has 0 bridgehead atoms. The molecular formula is C10H9F3N4. The van der Waals surface area contributed by atoms with E-state index < -0.39 is 11.9 Å². The van der Waals surface area contributed by atoms with Gasteiger partial charge in [0, 0.05) is 11.8 Å². The largest absolute Gasteiger partial charge is 0.433 e. The molecule has 7 heteroatoms. The Balaban J connectivity index is 2.50. The number of rotatable bonds is 1. The molecule has 0 aliphatic heterocycles. The summed E-state index contributed by atoms with van der Waals surface area (Å²) in [4.78, 5) is 6.98. The second kappa shape index (κ2) is 3.83. The average Bonchev–Trinajstić information content (AvgIpc) is 2.57. The van der Waals surface area contributed by atoms with Gasteiger partial charge in [-0.2, -0.15) is 18.3 Å². The van der Waals surface area contributed by atoms with E-state index in [2.05, 4.69) is 15.1 Å². The first-order chi connectivity index (χ1) is 7.88. The number of hydrogen-bond donors (Lipinski definition) is 0. The van der Waals surface area contributed by atoms with Gasteiger partial charge in [-0.25, -0.2) is 14.6 Å². The normalized spacial score (nSPS) is 11.8. The van der Waals surface area contributed by atoms with E-state index in [4.69, 9.17) is 0 Å². The molecular weight excluding hydrogens is 233 g/mol. The predicted molar refractivity (Wildman–Crippen MR) is 53.6 cm³/mol. The SMILES string of the molecule is Cc1cc(C)n(-c2cc(C(F)(F)F)ncn2)n1. The van der Waals surface area contributed by atoms with Crippen LogP contribution in [-0.4, -0.2) is 19.7 Å². The molecule has 0 fully saturated rings.